The van der Waals surface area contributed by atoms with Gasteiger partial charge in [-0.3, -0.25) is 9.78 Å². The van der Waals surface area contributed by atoms with Crippen LogP contribution in [0, 0.1) is 18.7 Å². The smallest absolute Gasteiger partial charge is 0.248 e. The molecule has 3 aromatic rings. The quantitative estimate of drug-likeness (QED) is 0.607. The summed E-state index contributed by atoms with van der Waals surface area (Å²) < 4.78 is 13.8. The summed E-state index contributed by atoms with van der Waals surface area (Å²) in [6.45, 7) is 4.26. The number of nitrogens with zero attached hydrogens (tertiary/aromatic N) is 1. The monoisotopic (exact) mass is 390 g/mol. The first-order valence-corrected chi connectivity index (χ1v) is 10.4. The van der Waals surface area contributed by atoms with E-state index in [0.717, 1.165) is 47.7 Å². The first kappa shape index (κ1) is 19.6. The highest BCUT2D eigenvalue weighted by Gasteiger charge is 2.29. The minimum atomic E-state index is -0.356. The van der Waals surface area contributed by atoms with Gasteiger partial charge in [0.25, 0.3) is 0 Å². The second-order valence-electron chi connectivity index (χ2n) is 8.42. The molecule has 0 unspecified atom stereocenters. The van der Waals surface area contributed by atoms with Crippen LogP contribution in [0.4, 0.5) is 4.39 Å². The molecule has 0 saturated heterocycles. The van der Waals surface area contributed by atoms with E-state index in [9.17, 15) is 9.18 Å². The van der Waals surface area contributed by atoms with Crippen molar-refractivity contribution in [3.8, 4) is 0 Å². The van der Waals surface area contributed by atoms with E-state index in [1.807, 2.05) is 31.3 Å². The summed E-state index contributed by atoms with van der Waals surface area (Å²) in [7, 11) is 0. The summed E-state index contributed by atoms with van der Waals surface area (Å²) in [5.74, 6) is 0.637. The highest BCUT2D eigenvalue weighted by Crippen LogP contribution is 2.43. The molecular formula is C25H27FN2O. The van der Waals surface area contributed by atoms with Crippen molar-refractivity contribution in [2.75, 3.05) is 0 Å². The molecule has 0 aliphatic heterocycles. The fourth-order valence-corrected chi connectivity index (χ4v) is 4.96. The number of amides is 1. The number of aromatic nitrogens is 1. The molecule has 1 saturated carbocycles. The van der Waals surface area contributed by atoms with Crippen molar-refractivity contribution in [1.29, 1.82) is 0 Å². The molecule has 1 fully saturated rings. The molecule has 1 aliphatic carbocycles. The number of nitrogens with two attached hydrogens (primary N) is 1. The molecule has 1 aliphatic rings. The lowest BCUT2D eigenvalue weighted by molar-refractivity contribution is 0.0998. The number of rotatable bonds is 4. The van der Waals surface area contributed by atoms with Crippen LogP contribution in [0.25, 0.3) is 10.9 Å². The van der Waals surface area contributed by atoms with Gasteiger partial charge < -0.3 is 5.73 Å². The summed E-state index contributed by atoms with van der Waals surface area (Å²) in [5.41, 5.74) is 10.5. The first-order valence-electron chi connectivity index (χ1n) is 10.4. The molecule has 2 N–H and O–H groups in total. The maximum Gasteiger partial charge on any atom is 0.248 e. The zero-order chi connectivity index (χ0) is 20.5. The van der Waals surface area contributed by atoms with Gasteiger partial charge in [0.1, 0.15) is 5.82 Å². The molecule has 4 rings (SSSR count). The standard InChI is InChI=1S/C25H27FN2O/c1-15-3-9-21(25(27)29)22(13-15)16(2)17-4-6-18(7-5-17)20-11-12-28-24-10-8-19(26)14-23(20)24/h3,8-14,16-18H,4-7H2,1-2H3,(H2,27,29)/t16-,17?,18?/m1/s1. The number of primary amides is 1. The van der Waals surface area contributed by atoms with E-state index in [4.69, 9.17) is 5.73 Å². The minimum Gasteiger partial charge on any atom is -0.366 e. The lowest BCUT2D eigenvalue weighted by Gasteiger charge is -2.33. The molecule has 1 heterocycles. The highest BCUT2D eigenvalue weighted by molar-refractivity contribution is 5.94. The van der Waals surface area contributed by atoms with Crippen molar-refractivity contribution in [2.45, 2.75) is 51.4 Å². The number of benzene rings is 2. The van der Waals surface area contributed by atoms with E-state index in [0.29, 0.717) is 17.4 Å². The van der Waals surface area contributed by atoms with Crippen molar-refractivity contribution in [3.05, 3.63) is 76.7 Å². The Kier molecular flexibility index (Phi) is 5.35. The van der Waals surface area contributed by atoms with Crippen LogP contribution in [-0.2, 0) is 0 Å². The lowest BCUT2D eigenvalue weighted by atomic mass is 9.71. The van der Waals surface area contributed by atoms with Crippen LogP contribution in [0.2, 0.25) is 0 Å². The van der Waals surface area contributed by atoms with E-state index >= 15 is 0 Å². The van der Waals surface area contributed by atoms with Gasteiger partial charge in [0.2, 0.25) is 5.91 Å². The van der Waals surface area contributed by atoms with Gasteiger partial charge in [-0.2, -0.15) is 0 Å². The molecule has 1 amide bonds. The fourth-order valence-electron chi connectivity index (χ4n) is 4.96. The Labute approximate surface area is 171 Å². The summed E-state index contributed by atoms with van der Waals surface area (Å²) in [6, 6.07) is 12.8. The molecular weight excluding hydrogens is 363 g/mol. The molecule has 1 aromatic heterocycles. The third-order valence-electron chi connectivity index (χ3n) is 6.62. The Hall–Kier alpha value is -2.75. The van der Waals surface area contributed by atoms with E-state index < -0.39 is 0 Å². The number of hydrogen-bond acceptors (Lipinski definition) is 2. The van der Waals surface area contributed by atoms with Gasteiger partial charge in [0.15, 0.2) is 0 Å². The van der Waals surface area contributed by atoms with Crippen LogP contribution in [0.5, 0.6) is 0 Å². The molecule has 1 atom stereocenters. The number of fused-ring (bicyclic) bond motifs is 1. The summed E-state index contributed by atoms with van der Waals surface area (Å²) >= 11 is 0. The SMILES string of the molecule is Cc1ccc(C(N)=O)c([C@H](C)C2CCC(c3ccnc4ccc(F)cc34)CC2)c1. The van der Waals surface area contributed by atoms with Crippen molar-refractivity contribution >= 4 is 16.8 Å². The van der Waals surface area contributed by atoms with Gasteiger partial charge in [0, 0.05) is 17.1 Å². The number of hydrogen-bond donors (Lipinski definition) is 1. The van der Waals surface area contributed by atoms with Crippen LogP contribution >= 0.6 is 0 Å². The topological polar surface area (TPSA) is 56.0 Å². The van der Waals surface area contributed by atoms with Crippen molar-refractivity contribution < 1.29 is 9.18 Å². The highest BCUT2D eigenvalue weighted by atomic mass is 19.1. The van der Waals surface area contributed by atoms with Gasteiger partial charge >= 0.3 is 0 Å². The summed E-state index contributed by atoms with van der Waals surface area (Å²) in [4.78, 5) is 16.3. The Balaban J connectivity index is 1.54. The van der Waals surface area contributed by atoms with Crippen LogP contribution in [-0.4, -0.2) is 10.9 Å². The van der Waals surface area contributed by atoms with Gasteiger partial charge in [-0.25, -0.2) is 4.39 Å². The molecule has 0 radical (unpaired) electrons. The van der Waals surface area contributed by atoms with Crippen LogP contribution in [0.1, 0.15) is 71.5 Å². The van der Waals surface area contributed by atoms with Crippen molar-refractivity contribution in [2.24, 2.45) is 11.7 Å². The van der Waals surface area contributed by atoms with Gasteiger partial charge in [-0.1, -0.05) is 24.6 Å². The van der Waals surface area contributed by atoms with E-state index in [1.165, 1.54) is 11.6 Å². The Morgan fingerprint density at radius 3 is 2.59 bits per heavy atom. The number of carbonyl (C=O) groups excluding carboxylic acids is 1. The predicted molar refractivity (Wildman–Crippen MR) is 115 cm³/mol. The van der Waals surface area contributed by atoms with E-state index in [2.05, 4.69) is 18.0 Å². The number of aryl methyl sites for hydroxylation is 1. The zero-order valence-electron chi connectivity index (χ0n) is 17.0. The second-order valence-corrected chi connectivity index (χ2v) is 8.42. The first-order chi connectivity index (χ1) is 13.9. The van der Waals surface area contributed by atoms with E-state index in [-0.39, 0.29) is 17.6 Å². The molecule has 0 bridgehead atoms. The number of halogens is 1. The maximum atomic E-state index is 13.8. The Morgan fingerprint density at radius 2 is 1.86 bits per heavy atom. The average molecular weight is 391 g/mol. The van der Waals surface area contributed by atoms with Crippen LogP contribution in [0.3, 0.4) is 0 Å². The zero-order valence-corrected chi connectivity index (χ0v) is 17.0. The third kappa shape index (κ3) is 3.89. The Morgan fingerprint density at radius 1 is 1.10 bits per heavy atom. The average Bonchev–Trinajstić information content (AvgIpc) is 2.72. The summed E-state index contributed by atoms with van der Waals surface area (Å²) in [5, 5.41) is 0.929. The summed E-state index contributed by atoms with van der Waals surface area (Å²) in [6.07, 6.45) is 6.11. The molecule has 29 heavy (non-hydrogen) atoms. The minimum absolute atomic E-state index is 0.215. The second kappa shape index (κ2) is 7.94. The molecule has 2 aromatic carbocycles. The maximum absolute atomic E-state index is 13.8. The predicted octanol–water partition coefficient (Wildman–Crippen LogP) is 5.86. The van der Waals surface area contributed by atoms with Gasteiger partial charge in [-0.05, 0) is 91.8 Å². The van der Waals surface area contributed by atoms with Crippen LogP contribution in [0.15, 0.2) is 48.7 Å². The van der Waals surface area contributed by atoms with Gasteiger partial charge in [-0.15, -0.1) is 0 Å². The van der Waals surface area contributed by atoms with E-state index in [1.54, 1.807) is 12.1 Å². The molecule has 150 valence electrons. The molecule has 3 nitrogen and oxygen atoms in total. The fraction of sp³-hybridized carbons (Fsp3) is 0.360. The largest absolute Gasteiger partial charge is 0.366 e. The number of pyridine rings is 1. The normalized spacial score (nSPS) is 20.5. The lowest BCUT2D eigenvalue weighted by Crippen LogP contribution is -2.22. The molecule has 4 heteroatoms. The van der Waals surface area contributed by atoms with Gasteiger partial charge in [0.05, 0.1) is 5.52 Å². The third-order valence-corrected chi connectivity index (χ3v) is 6.62. The van der Waals surface area contributed by atoms with Crippen LogP contribution < -0.4 is 5.73 Å². The van der Waals surface area contributed by atoms with Crippen molar-refractivity contribution in [1.82, 2.24) is 4.98 Å². The Bertz CT molecular complexity index is 1050. The van der Waals surface area contributed by atoms with Crippen molar-refractivity contribution in [3.63, 3.8) is 0 Å². The number of carbonyl (C=O) groups is 1. The molecule has 0 spiro atoms.